The molecule has 1 N–H and O–H groups in total. The molecule has 1 aliphatic rings. The van der Waals surface area contributed by atoms with Gasteiger partial charge in [0.05, 0.1) is 30.9 Å². The normalized spacial score (nSPS) is 17.2. The van der Waals surface area contributed by atoms with E-state index in [0.717, 1.165) is 0 Å². The first-order chi connectivity index (χ1) is 11.9. The Labute approximate surface area is 146 Å². The summed E-state index contributed by atoms with van der Waals surface area (Å²) >= 11 is 0. The van der Waals surface area contributed by atoms with E-state index in [1.54, 1.807) is 38.1 Å². The zero-order chi connectivity index (χ0) is 18.6. The minimum absolute atomic E-state index is 0.240. The van der Waals surface area contributed by atoms with Gasteiger partial charge in [-0.15, -0.1) is 0 Å². The number of amides is 2. The summed E-state index contributed by atoms with van der Waals surface area (Å²) in [6.45, 7) is 5.97. The first-order valence-corrected chi connectivity index (χ1v) is 8.08. The van der Waals surface area contributed by atoms with E-state index in [-0.39, 0.29) is 12.6 Å². The van der Waals surface area contributed by atoms with Gasteiger partial charge in [-0.1, -0.05) is 12.1 Å². The van der Waals surface area contributed by atoms with Crippen LogP contribution in [0.4, 0.5) is 4.79 Å². The number of hydrogen-bond acceptors (Lipinski definition) is 5. The number of ether oxygens (including phenoxy) is 2. The number of methoxy groups -OCH3 is 1. The van der Waals surface area contributed by atoms with Crippen molar-refractivity contribution < 1.29 is 23.9 Å². The van der Waals surface area contributed by atoms with Crippen LogP contribution in [-0.2, 0) is 14.3 Å². The Morgan fingerprint density at radius 3 is 2.32 bits per heavy atom. The van der Waals surface area contributed by atoms with E-state index in [2.05, 4.69) is 10.1 Å². The van der Waals surface area contributed by atoms with Crippen molar-refractivity contribution in [2.75, 3.05) is 20.3 Å². The summed E-state index contributed by atoms with van der Waals surface area (Å²) in [6, 6.07) is 5.64. The van der Waals surface area contributed by atoms with Crippen molar-refractivity contribution in [1.82, 2.24) is 10.2 Å². The predicted octanol–water partition coefficient (Wildman–Crippen LogP) is 2.40. The van der Waals surface area contributed by atoms with Crippen LogP contribution in [0.25, 0.3) is 0 Å². The Bertz CT molecular complexity index is 709. The Morgan fingerprint density at radius 1 is 1.16 bits per heavy atom. The molecule has 1 heterocycles. The molecule has 0 aromatic heterocycles. The summed E-state index contributed by atoms with van der Waals surface area (Å²) in [5.41, 5.74) is 2.02. The van der Waals surface area contributed by atoms with Gasteiger partial charge in [0.1, 0.15) is 0 Å². The molecule has 0 unspecified atom stereocenters. The maximum Gasteiger partial charge on any atom is 0.338 e. The van der Waals surface area contributed by atoms with E-state index >= 15 is 0 Å². The van der Waals surface area contributed by atoms with Crippen molar-refractivity contribution >= 4 is 18.0 Å². The molecule has 0 saturated carbocycles. The molecule has 1 atom stereocenters. The predicted molar refractivity (Wildman–Crippen MR) is 90.8 cm³/mol. The molecule has 2 amide bonds. The minimum atomic E-state index is -0.638. The highest BCUT2D eigenvalue weighted by Gasteiger charge is 2.35. The van der Waals surface area contributed by atoms with Gasteiger partial charge in [0, 0.05) is 12.2 Å². The minimum Gasteiger partial charge on any atom is -0.465 e. The number of allylic oxidation sites excluding steroid dienone is 1. The molecule has 0 spiro atoms. The molecule has 0 aliphatic carbocycles. The smallest absolute Gasteiger partial charge is 0.338 e. The Kier molecular flexibility index (Phi) is 5.80. The van der Waals surface area contributed by atoms with Crippen LogP contribution >= 0.6 is 0 Å². The van der Waals surface area contributed by atoms with Crippen LogP contribution < -0.4 is 5.32 Å². The second-order valence-corrected chi connectivity index (χ2v) is 5.46. The van der Waals surface area contributed by atoms with Crippen LogP contribution in [0.15, 0.2) is 35.5 Å². The molecule has 7 heteroatoms. The molecule has 1 aromatic carbocycles. The van der Waals surface area contributed by atoms with Crippen molar-refractivity contribution in [3.63, 3.8) is 0 Å². The van der Waals surface area contributed by atoms with Gasteiger partial charge in [-0.25, -0.2) is 14.4 Å². The number of hydrogen-bond donors (Lipinski definition) is 1. The Morgan fingerprint density at radius 2 is 1.80 bits per heavy atom. The fourth-order valence-electron chi connectivity index (χ4n) is 2.81. The quantitative estimate of drug-likeness (QED) is 0.828. The number of carbonyl (C=O) groups excluding carboxylic acids is 3. The second-order valence-electron chi connectivity index (χ2n) is 5.46. The summed E-state index contributed by atoms with van der Waals surface area (Å²) < 4.78 is 9.84. The van der Waals surface area contributed by atoms with Crippen LogP contribution in [0, 0.1) is 0 Å². The summed E-state index contributed by atoms with van der Waals surface area (Å²) in [4.78, 5) is 37.8. The topological polar surface area (TPSA) is 84.9 Å². The lowest BCUT2D eigenvalue weighted by atomic mass is 9.94. The lowest BCUT2D eigenvalue weighted by Gasteiger charge is -2.34. The molecule has 0 bridgehead atoms. The van der Waals surface area contributed by atoms with Crippen LogP contribution in [0.1, 0.15) is 42.7 Å². The van der Waals surface area contributed by atoms with Crippen LogP contribution in [0.3, 0.4) is 0 Å². The van der Waals surface area contributed by atoms with Gasteiger partial charge in [0.25, 0.3) is 0 Å². The van der Waals surface area contributed by atoms with Crippen LogP contribution in [0.5, 0.6) is 0 Å². The fourth-order valence-corrected chi connectivity index (χ4v) is 2.81. The molecule has 0 saturated heterocycles. The zero-order valence-corrected chi connectivity index (χ0v) is 14.8. The molecule has 0 fully saturated rings. The van der Waals surface area contributed by atoms with Gasteiger partial charge in [-0.3, -0.25) is 4.90 Å². The largest absolute Gasteiger partial charge is 0.465 e. The van der Waals surface area contributed by atoms with E-state index in [1.807, 2.05) is 6.92 Å². The highest BCUT2D eigenvalue weighted by atomic mass is 16.5. The van der Waals surface area contributed by atoms with Gasteiger partial charge >= 0.3 is 18.0 Å². The molecule has 0 radical (unpaired) electrons. The average molecular weight is 346 g/mol. The van der Waals surface area contributed by atoms with Gasteiger partial charge in [-0.2, -0.15) is 0 Å². The number of nitrogens with zero attached hydrogens (tertiary/aromatic N) is 1. The van der Waals surface area contributed by atoms with Crippen molar-refractivity contribution in [3.8, 4) is 0 Å². The van der Waals surface area contributed by atoms with E-state index < -0.39 is 18.0 Å². The lowest BCUT2D eigenvalue weighted by molar-refractivity contribution is -0.139. The molecular weight excluding hydrogens is 324 g/mol. The first kappa shape index (κ1) is 18.5. The monoisotopic (exact) mass is 346 g/mol. The van der Waals surface area contributed by atoms with Gasteiger partial charge < -0.3 is 14.8 Å². The number of esters is 2. The number of benzene rings is 1. The summed E-state index contributed by atoms with van der Waals surface area (Å²) in [6.07, 6.45) is 0. The van der Waals surface area contributed by atoms with Gasteiger partial charge in [0.15, 0.2) is 0 Å². The third kappa shape index (κ3) is 3.65. The lowest BCUT2D eigenvalue weighted by Crippen LogP contribution is -2.47. The fraction of sp³-hybridized carbons (Fsp3) is 0.389. The molecule has 7 nitrogen and oxygen atoms in total. The molecular formula is C18H22N2O5. The van der Waals surface area contributed by atoms with Crippen LogP contribution in [-0.4, -0.2) is 43.1 Å². The van der Waals surface area contributed by atoms with E-state index in [9.17, 15) is 14.4 Å². The summed E-state index contributed by atoms with van der Waals surface area (Å²) in [5.74, 6) is -0.922. The summed E-state index contributed by atoms with van der Waals surface area (Å²) in [5, 5.41) is 2.83. The van der Waals surface area contributed by atoms with Crippen molar-refractivity contribution in [2.45, 2.75) is 26.8 Å². The Hall–Kier alpha value is -2.83. The van der Waals surface area contributed by atoms with E-state index in [1.165, 1.54) is 12.0 Å². The van der Waals surface area contributed by atoms with Crippen molar-refractivity contribution in [1.29, 1.82) is 0 Å². The van der Waals surface area contributed by atoms with E-state index in [0.29, 0.717) is 28.9 Å². The van der Waals surface area contributed by atoms with Gasteiger partial charge in [0.2, 0.25) is 0 Å². The third-order valence-corrected chi connectivity index (χ3v) is 4.07. The van der Waals surface area contributed by atoms with Gasteiger partial charge in [-0.05, 0) is 38.5 Å². The maximum atomic E-state index is 12.4. The Balaban J connectivity index is 2.46. The molecule has 25 heavy (non-hydrogen) atoms. The zero-order valence-electron chi connectivity index (χ0n) is 14.8. The van der Waals surface area contributed by atoms with Crippen LogP contribution in [0.2, 0.25) is 0 Å². The molecule has 1 aliphatic heterocycles. The molecule has 2 rings (SSSR count). The first-order valence-electron chi connectivity index (χ1n) is 8.08. The maximum absolute atomic E-state index is 12.4. The standard InChI is InChI=1S/C18H22N2O5/c1-5-20-11(3)14(17(22)25-6-2)15(19-18(20)23)12-7-9-13(10-8-12)16(21)24-4/h7-10,15H,5-6H2,1-4H3,(H,19,23)/t15-/m0/s1. The third-order valence-electron chi connectivity index (χ3n) is 4.07. The number of rotatable bonds is 5. The summed E-state index contributed by atoms with van der Waals surface area (Å²) in [7, 11) is 1.31. The highest BCUT2D eigenvalue weighted by Crippen LogP contribution is 2.31. The number of carbonyl (C=O) groups is 3. The molecule has 134 valence electrons. The SMILES string of the molecule is CCOC(=O)C1=C(C)N(CC)C(=O)N[C@H]1c1ccc(C(=O)OC)cc1. The number of nitrogens with one attached hydrogen (secondary N) is 1. The highest BCUT2D eigenvalue weighted by molar-refractivity contribution is 5.95. The second kappa shape index (κ2) is 7.83. The molecule has 1 aromatic rings. The van der Waals surface area contributed by atoms with Crippen molar-refractivity contribution in [2.24, 2.45) is 0 Å². The van der Waals surface area contributed by atoms with Crippen molar-refractivity contribution in [3.05, 3.63) is 46.7 Å². The number of urea groups is 1. The average Bonchev–Trinajstić information content (AvgIpc) is 2.61. The van der Waals surface area contributed by atoms with E-state index in [4.69, 9.17) is 4.74 Å².